The maximum absolute atomic E-state index is 13.0. The Morgan fingerprint density at radius 3 is 2.20 bits per heavy atom. The second-order valence-electron chi connectivity index (χ2n) is 12.9. The van der Waals surface area contributed by atoms with Crippen LogP contribution in [0.25, 0.3) is 11.2 Å². The van der Waals surface area contributed by atoms with Gasteiger partial charge in [-0.25, -0.2) is 9.78 Å². The lowest BCUT2D eigenvalue weighted by Crippen LogP contribution is -2.39. The molecule has 2 amide bonds. The predicted octanol–water partition coefficient (Wildman–Crippen LogP) is 5.25. The van der Waals surface area contributed by atoms with Crippen molar-refractivity contribution in [3.8, 4) is 11.5 Å². The minimum absolute atomic E-state index is 0.00684. The molecule has 1 saturated carbocycles. The third-order valence-electron chi connectivity index (χ3n) is 9.76. The number of aromatic nitrogens is 4. The number of carbonyl (C=O) groups excluding carboxylic acids is 1. The number of aliphatic hydroxyl groups excluding tert-OH is 1. The summed E-state index contributed by atoms with van der Waals surface area (Å²) in [5.74, 6) is 1.40. The van der Waals surface area contributed by atoms with E-state index in [4.69, 9.17) is 18.9 Å². The van der Waals surface area contributed by atoms with E-state index < -0.39 is 35.6 Å². The quantitative estimate of drug-likeness (QED) is 0.135. The number of imidazole rings is 1. The summed E-state index contributed by atoms with van der Waals surface area (Å²) in [4.78, 5) is 37.1. The van der Waals surface area contributed by atoms with Crippen LogP contribution in [-0.4, -0.2) is 69.7 Å². The predicted molar refractivity (Wildman–Crippen MR) is 190 cm³/mol. The first-order chi connectivity index (χ1) is 24.9. The second kappa shape index (κ2) is 14.9. The van der Waals surface area contributed by atoms with Crippen LogP contribution >= 0.6 is 0 Å². The van der Waals surface area contributed by atoms with Crippen molar-refractivity contribution in [2.45, 2.75) is 68.6 Å². The van der Waals surface area contributed by atoms with Crippen molar-refractivity contribution in [2.75, 3.05) is 26.1 Å². The molecular weight excluding hydrogens is 652 g/mol. The number of anilines is 1. The Hall–Kier alpha value is -5.24. The maximum atomic E-state index is 13.0. The summed E-state index contributed by atoms with van der Waals surface area (Å²) in [6, 6.07) is 24.9. The van der Waals surface area contributed by atoms with E-state index in [0.717, 1.165) is 42.4 Å². The Morgan fingerprint density at radius 2 is 1.57 bits per heavy atom. The molecule has 266 valence electrons. The smallest absolute Gasteiger partial charge is 0.321 e. The van der Waals surface area contributed by atoms with Gasteiger partial charge in [0, 0.05) is 12.5 Å². The summed E-state index contributed by atoms with van der Waals surface area (Å²) in [6.45, 7) is 0.0133. The summed E-state index contributed by atoms with van der Waals surface area (Å²) < 4.78 is 25.9. The average Bonchev–Trinajstić information content (AvgIpc) is 3.76. The molecule has 13 nitrogen and oxygen atoms in total. The van der Waals surface area contributed by atoms with Crippen molar-refractivity contribution in [3.63, 3.8) is 0 Å². The van der Waals surface area contributed by atoms with Crippen LogP contribution in [0.3, 0.4) is 0 Å². The lowest BCUT2D eigenvalue weighted by atomic mass is 9.80. The summed E-state index contributed by atoms with van der Waals surface area (Å²) in [5, 5.41) is 17.0. The molecule has 5 aromatic rings. The van der Waals surface area contributed by atoms with Gasteiger partial charge in [0.05, 0.1) is 33.3 Å². The number of fused-ring (bicyclic) bond motifs is 1. The highest BCUT2D eigenvalue weighted by Gasteiger charge is 2.42. The third kappa shape index (κ3) is 7.05. The summed E-state index contributed by atoms with van der Waals surface area (Å²) >= 11 is 0. The van der Waals surface area contributed by atoms with E-state index in [-0.39, 0.29) is 36.2 Å². The number of urea groups is 1. The van der Waals surface area contributed by atoms with Gasteiger partial charge in [0.15, 0.2) is 11.2 Å². The highest BCUT2D eigenvalue weighted by molar-refractivity contribution is 5.88. The first kappa shape index (κ1) is 34.2. The van der Waals surface area contributed by atoms with Crippen molar-refractivity contribution in [3.05, 3.63) is 112 Å². The standard InChI is InChI=1S/C38H42N6O7/c1-48-28-17-13-25(14-18-28)38(24-9-5-3-6-10-24,26-15-19-29(49-2)20-16-26)50-22-31-30(45)21-32(51-31)44-23-39-33-34(44)41-36(42-35(33)46)43-37(47)40-27-11-7-4-8-12-27/h3,5-6,9-10,13-20,23,27,30-32,45H,4,7-8,11-12,21-22H2,1-2H3,(H3,40,41,42,43,46,47)/t30-,31+,32+/m0/s1. The largest absolute Gasteiger partial charge is 0.497 e. The monoisotopic (exact) mass is 694 g/mol. The van der Waals surface area contributed by atoms with Gasteiger partial charge in [-0.05, 0) is 53.8 Å². The molecule has 1 aliphatic heterocycles. The minimum Gasteiger partial charge on any atom is -0.497 e. The van der Waals surface area contributed by atoms with E-state index in [0.29, 0.717) is 11.5 Å². The molecule has 1 aliphatic carbocycles. The van der Waals surface area contributed by atoms with Crippen LogP contribution in [-0.2, 0) is 15.1 Å². The van der Waals surface area contributed by atoms with E-state index in [2.05, 4.69) is 25.6 Å². The van der Waals surface area contributed by atoms with Gasteiger partial charge in [0.1, 0.15) is 29.4 Å². The van der Waals surface area contributed by atoms with Crippen LogP contribution in [0.2, 0.25) is 0 Å². The number of benzene rings is 3. The van der Waals surface area contributed by atoms with Crippen LogP contribution < -0.4 is 25.7 Å². The topological polar surface area (TPSA) is 162 Å². The van der Waals surface area contributed by atoms with Gasteiger partial charge in [-0.3, -0.25) is 19.7 Å². The fourth-order valence-electron chi connectivity index (χ4n) is 7.09. The molecule has 3 heterocycles. The molecule has 0 unspecified atom stereocenters. The summed E-state index contributed by atoms with van der Waals surface area (Å²) in [7, 11) is 3.24. The number of ether oxygens (including phenoxy) is 4. The molecule has 0 radical (unpaired) electrons. The summed E-state index contributed by atoms with van der Waals surface area (Å²) in [5.41, 5.74) is 1.28. The molecule has 2 aliphatic rings. The van der Waals surface area contributed by atoms with Gasteiger partial charge in [-0.1, -0.05) is 73.9 Å². The van der Waals surface area contributed by atoms with E-state index >= 15 is 0 Å². The van der Waals surface area contributed by atoms with Crippen molar-refractivity contribution < 1.29 is 28.8 Å². The molecule has 3 aromatic carbocycles. The molecule has 2 fully saturated rings. The molecule has 4 N–H and O–H groups in total. The van der Waals surface area contributed by atoms with E-state index in [1.807, 2.05) is 78.9 Å². The van der Waals surface area contributed by atoms with E-state index in [9.17, 15) is 14.7 Å². The second-order valence-corrected chi connectivity index (χ2v) is 12.9. The first-order valence-electron chi connectivity index (χ1n) is 17.2. The molecule has 1 saturated heterocycles. The molecule has 0 bridgehead atoms. The Labute approximate surface area is 294 Å². The number of aromatic amines is 1. The number of aliphatic hydroxyl groups is 1. The maximum Gasteiger partial charge on any atom is 0.321 e. The number of hydrogen-bond donors (Lipinski definition) is 4. The van der Waals surface area contributed by atoms with E-state index in [1.165, 1.54) is 12.7 Å². The number of nitrogens with zero attached hydrogens (tertiary/aromatic N) is 3. The summed E-state index contributed by atoms with van der Waals surface area (Å²) in [6.07, 6.45) is 4.45. The first-order valence-corrected chi connectivity index (χ1v) is 17.2. The molecule has 0 spiro atoms. The third-order valence-corrected chi connectivity index (χ3v) is 9.76. The Balaban J connectivity index is 1.16. The van der Waals surface area contributed by atoms with Crippen molar-refractivity contribution in [2.24, 2.45) is 0 Å². The Morgan fingerprint density at radius 1 is 0.941 bits per heavy atom. The number of H-pyrrole nitrogens is 1. The number of carbonyl (C=O) groups is 1. The van der Waals surface area contributed by atoms with Crippen LogP contribution in [0.4, 0.5) is 10.7 Å². The highest BCUT2D eigenvalue weighted by atomic mass is 16.6. The van der Waals surface area contributed by atoms with Gasteiger partial charge in [0.2, 0.25) is 5.95 Å². The van der Waals surface area contributed by atoms with Crippen molar-refractivity contribution in [1.29, 1.82) is 0 Å². The zero-order chi connectivity index (χ0) is 35.4. The highest BCUT2D eigenvalue weighted by Crippen LogP contribution is 2.43. The normalized spacial score (nSPS) is 19.5. The average molecular weight is 695 g/mol. The van der Waals surface area contributed by atoms with Crippen molar-refractivity contribution >= 4 is 23.1 Å². The lowest BCUT2D eigenvalue weighted by Gasteiger charge is -2.37. The van der Waals surface area contributed by atoms with Gasteiger partial charge in [-0.15, -0.1) is 0 Å². The van der Waals surface area contributed by atoms with E-state index in [1.54, 1.807) is 18.8 Å². The number of methoxy groups -OCH3 is 2. The van der Waals surface area contributed by atoms with Gasteiger partial charge >= 0.3 is 6.03 Å². The van der Waals surface area contributed by atoms with Crippen LogP contribution in [0.1, 0.15) is 61.4 Å². The fourth-order valence-corrected chi connectivity index (χ4v) is 7.09. The number of rotatable bonds is 11. The van der Waals surface area contributed by atoms with Gasteiger partial charge < -0.3 is 29.4 Å². The molecular formula is C38H42N6O7. The fraction of sp³-hybridized carbons (Fsp3) is 0.368. The molecule has 2 aromatic heterocycles. The SMILES string of the molecule is COc1ccc(C(OC[C@H]2O[C@@H](n3cnc4c(=O)[nH]c(NC(=O)NC5CCCCC5)nc43)C[C@@H]2O)(c2ccccc2)c2ccc(OC)cc2)cc1. The van der Waals surface area contributed by atoms with Crippen LogP contribution in [0.5, 0.6) is 11.5 Å². The Bertz CT molecular complexity index is 1940. The molecule has 13 heteroatoms. The molecule has 51 heavy (non-hydrogen) atoms. The number of amides is 2. The van der Waals surface area contributed by atoms with Crippen LogP contribution in [0, 0.1) is 0 Å². The zero-order valence-electron chi connectivity index (χ0n) is 28.6. The van der Waals surface area contributed by atoms with Gasteiger partial charge in [-0.2, -0.15) is 4.98 Å². The minimum atomic E-state index is -1.10. The Kier molecular flexibility index (Phi) is 10.0. The van der Waals surface area contributed by atoms with Crippen LogP contribution in [0.15, 0.2) is 90.0 Å². The molecule has 3 atom stereocenters. The van der Waals surface area contributed by atoms with Gasteiger partial charge in [0.25, 0.3) is 5.56 Å². The lowest BCUT2D eigenvalue weighted by molar-refractivity contribution is -0.0931. The number of hydrogen-bond acceptors (Lipinski definition) is 9. The molecule has 7 rings (SSSR count). The zero-order valence-corrected chi connectivity index (χ0v) is 28.6. The van der Waals surface area contributed by atoms with Crippen molar-refractivity contribution in [1.82, 2.24) is 24.8 Å². The number of nitrogens with one attached hydrogen (secondary N) is 3.